The number of rotatable bonds is 12. The van der Waals surface area contributed by atoms with E-state index in [4.69, 9.17) is 10.8 Å². The topological polar surface area (TPSA) is 197 Å². The van der Waals surface area contributed by atoms with Crippen molar-refractivity contribution in [1.82, 2.24) is 35.3 Å². The highest BCUT2D eigenvalue weighted by Gasteiger charge is 2.54. The average molecular weight is 655 g/mol. The van der Waals surface area contributed by atoms with Crippen LogP contribution in [0.25, 0.3) is 0 Å². The van der Waals surface area contributed by atoms with Crippen molar-refractivity contribution in [2.45, 2.75) is 42.6 Å². The summed E-state index contributed by atoms with van der Waals surface area (Å²) in [5.74, 6) is -2.77. The number of carboxylic acids is 2. The Labute approximate surface area is 268 Å². The van der Waals surface area contributed by atoms with E-state index in [9.17, 15) is 24.3 Å². The number of benzene rings is 2. The molecule has 238 valence electrons. The van der Waals surface area contributed by atoms with Gasteiger partial charge in [-0.1, -0.05) is 66.4 Å². The summed E-state index contributed by atoms with van der Waals surface area (Å²) in [5.41, 5.74) is 9.03. The molecule has 2 atom stereocenters. The third-order valence-electron chi connectivity index (χ3n) is 6.76. The van der Waals surface area contributed by atoms with Crippen molar-refractivity contribution in [3.63, 3.8) is 0 Å². The van der Waals surface area contributed by atoms with Crippen molar-refractivity contribution in [2.24, 2.45) is 5.73 Å². The Morgan fingerprint density at radius 3 is 2.42 bits per heavy atom. The van der Waals surface area contributed by atoms with E-state index < -0.39 is 35.8 Å². The maximum absolute atomic E-state index is 12.8. The van der Waals surface area contributed by atoms with E-state index in [0.717, 1.165) is 34.1 Å². The van der Waals surface area contributed by atoms with Crippen molar-refractivity contribution in [3.8, 4) is 0 Å². The van der Waals surface area contributed by atoms with E-state index in [-0.39, 0.29) is 35.5 Å². The molecular formula is C29H34N8O6S2. The highest BCUT2D eigenvalue weighted by Crippen LogP contribution is 2.41. The molecule has 0 aliphatic carbocycles. The van der Waals surface area contributed by atoms with Crippen LogP contribution in [0.3, 0.4) is 0 Å². The van der Waals surface area contributed by atoms with Crippen molar-refractivity contribution in [3.05, 3.63) is 82.6 Å². The number of nitrogens with zero attached hydrogens (tertiary/aromatic N) is 6. The number of amides is 2. The van der Waals surface area contributed by atoms with Crippen LogP contribution >= 0.6 is 23.5 Å². The normalized spacial score (nSPS) is 17.2. The number of tetrazole rings is 1. The molecule has 2 aliphatic rings. The first-order valence-corrected chi connectivity index (χ1v) is 15.9. The number of fused-ring (bicyclic) bond motifs is 1. The molecule has 0 spiro atoms. The molecule has 2 aromatic carbocycles. The lowest BCUT2D eigenvalue weighted by Crippen LogP contribution is -2.70. The predicted octanol–water partition coefficient (Wildman–Crippen LogP) is 1.04. The van der Waals surface area contributed by atoms with Gasteiger partial charge < -0.3 is 26.2 Å². The summed E-state index contributed by atoms with van der Waals surface area (Å²) in [5, 5.41) is 32.0. The number of β-lactam (4-membered cyclic amide) rings is 1. The van der Waals surface area contributed by atoms with E-state index in [1.54, 1.807) is 12.1 Å². The van der Waals surface area contributed by atoms with E-state index in [0.29, 0.717) is 11.3 Å². The minimum absolute atomic E-state index is 0.0586. The third kappa shape index (κ3) is 8.69. The predicted molar refractivity (Wildman–Crippen MR) is 168 cm³/mol. The lowest BCUT2D eigenvalue weighted by atomic mass is 10.0. The van der Waals surface area contributed by atoms with Gasteiger partial charge in [-0.05, 0) is 46.8 Å². The van der Waals surface area contributed by atoms with Gasteiger partial charge in [-0.15, -0.1) is 16.9 Å². The van der Waals surface area contributed by atoms with E-state index >= 15 is 0 Å². The summed E-state index contributed by atoms with van der Waals surface area (Å²) in [4.78, 5) is 51.8. The first kappa shape index (κ1) is 33.6. The van der Waals surface area contributed by atoms with Crippen molar-refractivity contribution in [1.29, 1.82) is 0 Å². The van der Waals surface area contributed by atoms with Crippen LogP contribution in [0.5, 0.6) is 0 Å². The fraction of sp³-hybridized carbons (Fsp3) is 0.345. The number of thioether (sulfide) groups is 2. The van der Waals surface area contributed by atoms with Crippen LogP contribution in [0.15, 0.2) is 71.0 Å². The molecule has 0 bridgehead atoms. The Kier molecular flexibility index (Phi) is 11.7. The first-order chi connectivity index (χ1) is 21.6. The molecule has 3 heterocycles. The monoisotopic (exact) mass is 654 g/mol. The van der Waals surface area contributed by atoms with Crippen LogP contribution in [-0.4, -0.2) is 101 Å². The molecule has 1 unspecified atom stereocenters. The van der Waals surface area contributed by atoms with Crippen molar-refractivity contribution < 1.29 is 29.4 Å². The molecule has 2 amide bonds. The van der Waals surface area contributed by atoms with Crippen LogP contribution in [0, 0.1) is 0 Å². The summed E-state index contributed by atoms with van der Waals surface area (Å²) in [6, 6.07) is 16.9. The maximum atomic E-state index is 12.8. The van der Waals surface area contributed by atoms with Gasteiger partial charge in [0.15, 0.2) is 0 Å². The van der Waals surface area contributed by atoms with E-state index in [2.05, 4.69) is 64.1 Å². The summed E-state index contributed by atoms with van der Waals surface area (Å²) in [7, 11) is 4.15. The largest absolute Gasteiger partial charge is 0.480 e. The molecule has 0 radical (unpaired) electrons. The second-order valence-corrected chi connectivity index (χ2v) is 12.4. The molecule has 0 saturated carbocycles. The number of nitrogens with two attached hydrogens (primary N) is 1. The van der Waals surface area contributed by atoms with Gasteiger partial charge in [-0.3, -0.25) is 19.3 Å². The fourth-order valence-electron chi connectivity index (χ4n) is 4.75. The molecule has 1 saturated heterocycles. The standard InChI is InChI=1S/C20H21N7O6S2.C9H13N/c21-6-11-4-2-1-3-10(11)5-13(28)22-15-17(31)27-16(19(32)33)12(8-34-18(15)27)9-35-20-23-24-25-26(20)7-14(29)30;1-10(2)8-9-6-4-3-5-7-9/h1-4,15,18H,5-9,21H2,(H,22,28)(H,29,30)(H,32,33);3-7H,8H2,1-2H3/t15?,18-;/m1./s1. The molecule has 3 aromatic rings. The number of carbonyl (C=O) groups is 4. The van der Waals surface area contributed by atoms with Gasteiger partial charge in [-0.2, -0.15) is 0 Å². The Hall–Kier alpha value is -4.25. The highest BCUT2D eigenvalue weighted by molar-refractivity contribution is 8.01. The zero-order valence-electron chi connectivity index (χ0n) is 24.7. The van der Waals surface area contributed by atoms with Crippen LogP contribution in [-0.2, 0) is 45.2 Å². The number of nitrogens with one attached hydrogen (secondary N) is 1. The van der Waals surface area contributed by atoms with Crippen LogP contribution in [0.1, 0.15) is 16.7 Å². The van der Waals surface area contributed by atoms with Gasteiger partial charge in [-0.25, -0.2) is 9.48 Å². The summed E-state index contributed by atoms with van der Waals surface area (Å²) in [6.07, 6.45) is 0.0586. The minimum atomic E-state index is -1.26. The van der Waals surface area contributed by atoms with Crippen LogP contribution in [0.4, 0.5) is 0 Å². The molecule has 45 heavy (non-hydrogen) atoms. The number of carbonyl (C=O) groups excluding carboxylic acids is 2. The third-order valence-corrected chi connectivity index (χ3v) is 9.14. The molecule has 2 aliphatic heterocycles. The Balaban J connectivity index is 0.000000392. The lowest BCUT2D eigenvalue weighted by Gasteiger charge is -2.49. The SMILES string of the molecule is CN(C)Cc1ccccc1.NCc1ccccc1CC(=O)NC1C(=O)N2C(C(=O)O)=C(CSc3nnnn3CC(=O)O)CS[C@H]12. The zero-order valence-corrected chi connectivity index (χ0v) is 26.3. The smallest absolute Gasteiger partial charge is 0.352 e. The number of hydrogen-bond donors (Lipinski definition) is 4. The van der Waals surface area contributed by atoms with Gasteiger partial charge in [0, 0.05) is 24.6 Å². The van der Waals surface area contributed by atoms with E-state index in [1.165, 1.54) is 22.2 Å². The fourth-order valence-corrected chi connectivity index (χ4v) is 7.11. The molecule has 1 aromatic heterocycles. The minimum Gasteiger partial charge on any atom is -0.480 e. The molecule has 14 nitrogen and oxygen atoms in total. The molecule has 5 rings (SSSR count). The zero-order chi connectivity index (χ0) is 32.5. The summed E-state index contributed by atoms with van der Waals surface area (Å²) >= 11 is 2.42. The Morgan fingerprint density at radius 1 is 1.09 bits per heavy atom. The second-order valence-electron chi connectivity index (χ2n) is 10.4. The molecular weight excluding hydrogens is 621 g/mol. The Morgan fingerprint density at radius 2 is 1.78 bits per heavy atom. The van der Waals surface area contributed by atoms with Crippen molar-refractivity contribution >= 4 is 47.3 Å². The number of carboxylic acid groups (broad SMARTS) is 2. The van der Waals surface area contributed by atoms with Crippen LogP contribution in [0.2, 0.25) is 0 Å². The molecule has 16 heteroatoms. The van der Waals surface area contributed by atoms with Gasteiger partial charge in [0.2, 0.25) is 11.1 Å². The van der Waals surface area contributed by atoms with Gasteiger partial charge in [0.25, 0.3) is 5.91 Å². The summed E-state index contributed by atoms with van der Waals surface area (Å²) in [6.45, 7) is 0.883. The van der Waals surface area contributed by atoms with E-state index in [1.807, 2.05) is 18.2 Å². The maximum Gasteiger partial charge on any atom is 0.352 e. The van der Waals surface area contributed by atoms with Crippen molar-refractivity contribution in [2.75, 3.05) is 25.6 Å². The highest BCUT2D eigenvalue weighted by atomic mass is 32.2. The van der Waals surface area contributed by atoms with Gasteiger partial charge in [0.1, 0.15) is 23.7 Å². The number of aliphatic carboxylic acids is 2. The quantitative estimate of drug-likeness (QED) is 0.160. The molecule has 5 N–H and O–H groups in total. The van der Waals surface area contributed by atoms with Gasteiger partial charge >= 0.3 is 11.9 Å². The number of hydrogen-bond acceptors (Lipinski definition) is 11. The Bertz CT molecular complexity index is 1560. The lowest BCUT2D eigenvalue weighted by molar-refractivity contribution is -0.150. The number of aromatic nitrogens is 4. The summed E-state index contributed by atoms with van der Waals surface area (Å²) < 4.78 is 1.09. The molecule has 1 fully saturated rings. The average Bonchev–Trinajstić information content (AvgIpc) is 3.45. The first-order valence-electron chi connectivity index (χ1n) is 13.8. The second kappa shape index (κ2) is 15.7. The van der Waals surface area contributed by atoms with Crippen LogP contribution < -0.4 is 11.1 Å². The van der Waals surface area contributed by atoms with Gasteiger partial charge in [0.05, 0.1) is 6.42 Å².